The number of halogens is 2. The van der Waals surface area contributed by atoms with E-state index in [1.54, 1.807) is 36.5 Å². The second-order valence-corrected chi connectivity index (χ2v) is 5.27. The summed E-state index contributed by atoms with van der Waals surface area (Å²) in [5.41, 5.74) is 0.730. The molecule has 1 N–H and O–H groups in total. The van der Waals surface area contributed by atoms with E-state index < -0.39 is 0 Å². The average molecular weight is 324 g/mol. The number of nitrogens with one attached hydrogen (secondary N) is 1. The van der Waals surface area contributed by atoms with Gasteiger partial charge in [0.25, 0.3) is 0 Å². The topological polar surface area (TPSA) is 49.2 Å². The Morgan fingerprint density at radius 3 is 2.62 bits per heavy atom. The van der Waals surface area contributed by atoms with Crippen LogP contribution in [-0.4, -0.2) is 29.3 Å². The molecule has 6 heteroatoms. The fraction of sp³-hybridized carbons (Fsp3) is 0.200. The third-order valence-corrected chi connectivity index (χ3v) is 3.50. The van der Waals surface area contributed by atoms with Crippen molar-refractivity contribution in [2.75, 3.05) is 13.6 Å². The number of rotatable bonds is 4. The minimum atomic E-state index is 0.412. The van der Waals surface area contributed by atoms with Crippen LogP contribution in [0.25, 0.3) is 0 Å². The van der Waals surface area contributed by atoms with Gasteiger partial charge in [-0.3, -0.25) is 5.41 Å². The van der Waals surface area contributed by atoms with Gasteiger partial charge in [-0.05, 0) is 31.2 Å². The number of nitrogens with zero attached hydrogens (tertiary/aromatic N) is 2. The summed E-state index contributed by atoms with van der Waals surface area (Å²) in [7, 11) is 1.86. The summed E-state index contributed by atoms with van der Waals surface area (Å²) < 4.78 is 5.60. The van der Waals surface area contributed by atoms with E-state index in [2.05, 4.69) is 4.98 Å². The summed E-state index contributed by atoms with van der Waals surface area (Å²) >= 11 is 11.9. The highest BCUT2D eigenvalue weighted by Crippen LogP contribution is 2.30. The summed E-state index contributed by atoms with van der Waals surface area (Å²) in [6.07, 6.45) is 1.60. The van der Waals surface area contributed by atoms with Gasteiger partial charge in [-0.25, -0.2) is 4.98 Å². The van der Waals surface area contributed by atoms with Crippen molar-refractivity contribution in [1.82, 2.24) is 9.88 Å². The summed E-state index contributed by atoms with van der Waals surface area (Å²) in [5.74, 6) is 1.32. The van der Waals surface area contributed by atoms with Gasteiger partial charge in [0.2, 0.25) is 5.88 Å². The molecule has 0 aliphatic heterocycles. The Kier molecular flexibility index (Phi) is 5.04. The molecule has 0 aliphatic rings. The van der Waals surface area contributed by atoms with Crippen LogP contribution in [0.5, 0.6) is 11.6 Å². The van der Waals surface area contributed by atoms with Crippen molar-refractivity contribution in [3.8, 4) is 11.6 Å². The Bertz CT molecular complexity index is 644. The number of hydrogen-bond acceptors (Lipinski definition) is 3. The molecule has 0 unspecified atom stereocenters. The molecule has 0 spiro atoms. The first kappa shape index (κ1) is 15.6. The van der Waals surface area contributed by atoms with E-state index in [-0.39, 0.29) is 0 Å². The molecular weight excluding hydrogens is 309 g/mol. The number of hydrogen-bond donors (Lipinski definition) is 1. The van der Waals surface area contributed by atoms with E-state index in [0.29, 0.717) is 27.5 Å². The molecule has 0 saturated carbocycles. The van der Waals surface area contributed by atoms with Crippen LogP contribution in [0.3, 0.4) is 0 Å². The van der Waals surface area contributed by atoms with Crippen molar-refractivity contribution in [1.29, 1.82) is 5.41 Å². The van der Waals surface area contributed by atoms with Crippen LogP contribution in [0.4, 0.5) is 0 Å². The van der Waals surface area contributed by atoms with Gasteiger partial charge in [0.1, 0.15) is 11.6 Å². The normalized spacial score (nSPS) is 10.3. The monoisotopic (exact) mass is 323 g/mol. The van der Waals surface area contributed by atoms with Crippen LogP contribution < -0.4 is 4.74 Å². The molecule has 0 amide bonds. The van der Waals surface area contributed by atoms with Crippen molar-refractivity contribution in [2.45, 2.75) is 6.92 Å². The smallest absolute Gasteiger partial charge is 0.219 e. The summed E-state index contributed by atoms with van der Waals surface area (Å²) in [4.78, 5) is 6.02. The number of amidine groups is 1. The maximum Gasteiger partial charge on any atom is 0.219 e. The number of aromatic nitrogens is 1. The second kappa shape index (κ2) is 6.78. The Morgan fingerprint density at radius 1 is 1.29 bits per heavy atom. The minimum Gasteiger partial charge on any atom is -0.437 e. The lowest BCUT2D eigenvalue weighted by Crippen LogP contribution is -2.26. The van der Waals surface area contributed by atoms with E-state index in [1.165, 1.54) is 0 Å². The van der Waals surface area contributed by atoms with Crippen LogP contribution in [-0.2, 0) is 0 Å². The molecule has 0 bridgehead atoms. The molecule has 110 valence electrons. The van der Waals surface area contributed by atoms with Crippen LogP contribution in [0.15, 0.2) is 36.5 Å². The van der Waals surface area contributed by atoms with Crippen molar-refractivity contribution in [3.63, 3.8) is 0 Å². The van der Waals surface area contributed by atoms with Gasteiger partial charge >= 0.3 is 0 Å². The van der Waals surface area contributed by atoms with E-state index >= 15 is 0 Å². The number of ether oxygens (including phenoxy) is 1. The summed E-state index contributed by atoms with van der Waals surface area (Å²) in [5, 5.41) is 8.97. The highest BCUT2D eigenvalue weighted by molar-refractivity contribution is 6.35. The predicted molar refractivity (Wildman–Crippen MR) is 85.9 cm³/mol. The van der Waals surface area contributed by atoms with Crippen molar-refractivity contribution >= 4 is 29.0 Å². The quantitative estimate of drug-likeness (QED) is 0.667. The van der Waals surface area contributed by atoms with Crippen molar-refractivity contribution in [2.24, 2.45) is 0 Å². The fourth-order valence-electron chi connectivity index (χ4n) is 1.63. The van der Waals surface area contributed by atoms with Crippen molar-refractivity contribution < 1.29 is 4.74 Å². The molecule has 1 aromatic heterocycles. The van der Waals surface area contributed by atoms with Crippen LogP contribution in [0, 0.1) is 5.41 Å². The highest BCUT2D eigenvalue weighted by Gasteiger charge is 2.08. The minimum absolute atomic E-state index is 0.412. The van der Waals surface area contributed by atoms with Gasteiger partial charge < -0.3 is 9.64 Å². The highest BCUT2D eigenvalue weighted by atomic mass is 35.5. The van der Waals surface area contributed by atoms with Gasteiger partial charge in [0.15, 0.2) is 0 Å². The van der Waals surface area contributed by atoms with E-state index in [0.717, 1.165) is 12.1 Å². The largest absolute Gasteiger partial charge is 0.437 e. The number of benzene rings is 1. The first-order valence-electron chi connectivity index (χ1n) is 6.40. The second-order valence-electron chi connectivity index (χ2n) is 4.42. The molecule has 4 nitrogen and oxygen atoms in total. The first-order valence-corrected chi connectivity index (χ1v) is 7.16. The molecule has 2 rings (SSSR count). The molecular formula is C15H15Cl2N3O. The zero-order valence-electron chi connectivity index (χ0n) is 11.7. The lowest BCUT2D eigenvalue weighted by molar-refractivity contribution is 0.463. The Morgan fingerprint density at radius 2 is 2.05 bits per heavy atom. The first-order chi connectivity index (χ1) is 10.0. The van der Waals surface area contributed by atoms with Gasteiger partial charge in [-0.1, -0.05) is 23.2 Å². The molecule has 0 aliphatic carbocycles. The molecule has 0 radical (unpaired) electrons. The molecule has 2 aromatic rings. The molecule has 0 saturated heterocycles. The zero-order valence-corrected chi connectivity index (χ0v) is 13.2. The van der Waals surface area contributed by atoms with Gasteiger partial charge in [0, 0.05) is 36.4 Å². The average Bonchev–Trinajstić information content (AvgIpc) is 2.49. The standard InChI is InChI=1S/C15H15Cl2N3O/c1-3-20(2)15(18)10-4-7-14(19-9-10)21-13-6-5-11(16)8-12(13)17/h4-9,18H,3H2,1-2H3. The van der Waals surface area contributed by atoms with E-state index in [1.807, 2.05) is 18.9 Å². The molecule has 0 fully saturated rings. The van der Waals surface area contributed by atoms with E-state index in [9.17, 15) is 0 Å². The lowest BCUT2D eigenvalue weighted by Gasteiger charge is -2.17. The van der Waals surface area contributed by atoms with Gasteiger partial charge in [-0.15, -0.1) is 0 Å². The van der Waals surface area contributed by atoms with Crippen molar-refractivity contribution in [3.05, 3.63) is 52.1 Å². The van der Waals surface area contributed by atoms with Crippen LogP contribution in [0.1, 0.15) is 12.5 Å². The SMILES string of the molecule is CCN(C)C(=N)c1ccc(Oc2ccc(Cl)cc2Cl)nc1. The molecule has 1 heterocycles. The molecule has 21 heavy (non-hydrogen) atoms. The molecule has 0 atom stereocenters. The van der Waals surface area contributed by atoms with E-state index in [4.69, 9.17) is 33.3 Å². The zero-order chi connectivity index (χ0) is 15.4. The van der Waals surface area contributed by atoms with Crippen LogP contribution >= 0.6 is 23.2 Å². The summed E-state index contributed by atoms with van der Waals surface area (Å²) in [6, 6.07) is 8.49. The Balaban J connectivity index is 2.14. The lowest BCUT2D eigenvalue weighted by atomic mass is 10.2. The number of pyridine rings is 1. The Hall–Kier alpha value is -1.78. The van der Waals surface area contributed by atoms with Gasteiger partial charge in [0.05, 0.1) is 5.02 Å². The fourth-order valence-corrected chi connectivity index (χ4v) is 2.08. The third kappa shape index (κ3) is 3.86. The van der Waals surface area contributed by atoms with Gasteiger partial charge in [-0.2, -0.15) is 0 Å². The summed E-state index contributed by atoms with van der Waals surface area (Å²) in [6.45, 7) is 2.75. The maximum absolute atomic E-state index is 7.99. The molecule has 1 aromatic carbocycles. The Labute approximate surface area is 133 Å². The predicted octanol–water partition coefficient (Wildman–Crippen LogP) is 4.46. The van der Waals surface area contributed by atoms with Crippen LogP contribution in [0.2, 0.25) is 10.0 Å². The maximum atomic E-state index is 7.99. The third-order valence-electron chi connectivity index (χ3n) is 2.97.